The standard InChI is InChI=1S/C20H22N6O2/c1-13(2)11-21-19(27)16-6-9-18(14(3)10-16)23-20(28)15-4-7-17(8-5-15)26-12-22-24-25-26/h4-10,12-13H,11H2,1-3H3,(H,21,27)(H,23,28). The molecule has 2 amide bonds. The van der Waals surface area contributed by atoms with Crippen molar-refractivity contribution in [2.75, 3.05) is 11.9 Å². The second-order valence-electron chi connectivity index (χ2n) is 6.89. The maximum absolute atomic E-state index is 12.5. The highest BCUT2D eigenvalue weighted by atomic mass is 16.2. The number of anilines is 1. The van der Waals surface area contributed by atoms with Gasteiger partial charge in [0, 0.05) is 23.4 Å². The predicted octanol–water partition coefficient (Wildman–Crippen LogP) is 2.61. The van der Waals surface area contributed by atoms with Crippen LogP contribution in [0.2, 0.25) is 0 Å². The summed E-state index contributed by atoms with van der Waals surface area (Å²) in [6, 6.07) is 12.2. The van der Waals surface area contributed by atoms with E-state index in [1.807, 2.05) is 20.8 Å². The SMILES string of the molecule is Cc1cc(C(=O)NCC(C)C)ccc1NC(=O)c1ccc(-n2cnnn2)cc1. The van der Waals surface area contributed by atoms with Crippen molar-refractivity contribution in [3.8, 4) is 5.69 Å². The number of tetrazole rings is 1. The molecule has 8 heteroatoms. The van der Waals surface area contributed by atoms with Gasteiger partial charge in [0.1, 0.15) is 6.33 Å². The molecule has 1 heterocycles. The van der Waals surface area contributed by atoms with Gasteiger partial charge in [0.2, 0.25) is 0 Å². The maximum Gasteiger partial charge on any atom is 0.255 e. The number of rotatable bonds is 6. The Morgan fingerprint density at radius 3 is 2.36 bits per heavy atom. The van der Waals surface area contributed by atoms with Gasteiger partial charge in [-0.05, 0) is 71.3 Å². The number of benzene rings is 2. The van der Waals surface area contributed by atoms with Crippen LogP contribution in [-0.4, -0.2) is 38.6 Å². The summed E-state index contributed by atoms with van der Waals surface area (Å²) in [4.78, 5) is 24.7. The molecule has 0 aliphatic heterocycles. The molecule has 1 aromatic heterocycles. The molecule has 3 aromatic rings. The molecule has 0 unspecified atom stereocenters. The van der Waals surface area contributed by atoms with E-state index < -0.39 is 0 Å². The summed E-state index contributed by atoms with van der Waals surface area (Å²) >= 11 is 0. The van der Waals surface area contributed by atoms with E-state index in [9.17, 15) is 9.59 Å². The monoisotopic (exact) mass is 378 g/mol. The zero-order chi connectivity index (χ0) is 20.1. The lowest BCUT2D eigenvalue weighted by molar-refractivity contribution is 0.0948. The predicted molar refractivity (Wildman–Crippen MR) is 105 cm³/mol. The topological polar surface area (TPSA) is 102 Å². The molecule has 144 valence electrons. The maximum atomic E-state index is 12.5. The van der Waals surface area contributed by atoms with Gasteiger partial charge in [0.05, 0.1) is 5.69 Å². The summed E-state index contributed by atoms with van der Waals surface area (Å²) in [6.07, 6.45) is 1.48. The molecule has 8 nitrogen and oxygen atoms in total. The van der Waals surface area contributed by atoms with E-state index in [1.165, 1.54) is 11.0 Å². The van der Waals surface area contributed by atoms with Crippen LogP contribution in [0.25, 0.3) is 5.69 Å². The third-order valence-corrected chi connectivity index (χ3v) is 4.15. The van der Waals surface area contributed by atoms with E-state index in [4.69, 9.17) is 0 Å². The summed E-state index contributed by atoms with van der Waals surface area (Å²) in [5, 5.41) is 16.7. The molecule has 28 heavy (non-hydrogen) atoms. The first-order chi connectivity index (χ1) is 13.4. The van der Waals surface area contributed by atoms with Gasteiger partial charge in [-0.2, -0.15) is 0 Å². The Hall–Kier alpha value is -3.55. The molecule has 0 aliphatic carbocycles. The van der Waals surface area contributed by atoms with Crippen LogP contribution < -0.4 is 10.6 Å². The van der Waals surface area contributed by atoms with Crippen molar-refractivity contribution in [1.29, 1.82) is 0 Å². The molecular formula is C20H22N6O2. The minimum Gasteiger partial charge on any atom is -0.352 e. The normalized spacial score (nSPS) is 10.7. The molecule has 0 saturated heterocycles. The summed E-state index contributed by atoms with van der Waals surface area (Å²) in [5.74, 6) is 0.0343. The van der Waals surface area contributed by atoms with E-state index in [-0.39, 0.29) is 11.8 Å². The van der Waals surface area contributed by atoms with Crippen LogP contribution in [-0.2, 0) is 0 Å². The number of carbonyl (C=O) groups excluding carboxylic acids is 2. The van der Waals surface area contributed by atoms with E-state index in [0.717, 1.165) is 11.3 Å². The van der Waals surface area contributed by atoms with Gasteiger partial charge < -0.3 is 10.6 Å². The smallest absolute Gasteiger partial charge is 0.255 e. The number of hydrogen-bond donors (Lipinski definition) is 2. The molecule has 2 aromatic carbocycles. The van der Waals surface area contributed by atoms with Gasteiger partial charge in [-0.1, -0.05) is 13.8 Å². The first-order valence-electron chi connectivity index (χ1n) is 8.97. The second kappa shape index (κ2) is 8.43. The third-order valence-electron chi connectivity index (χ3n) is 4.15. The van der Waals surface area contributed by atoms with Gasteiger partial charge >= 0.3 is 0 Å². The number of hydrogen-bond acceptors (Lipinski definition) is 5. The Morgan fingerprint density at radius 2 is 1.75 bits per heavy atom. The van der Waals surface area contributed by atoms with E-state index in [1.54, 1.807) is 42.5 Å². The van der Waals surface area contributed by atoms with E-state index in [2.05, 4.69) is 26.2 Å². The van der Waals surface area contributed by atoms with Crippen LogP contribution in [0.15, 0.2) is 48.8 Å². The van der Waals surface area contributed by atoms with E-state index >= 15 is 0 Å². The van der Waals surface area contributed by atoms with Gasteiger partial charge in [0.25, 0.3) is 11.8 Å². The molecule has 0 bridgehead atoms. The third kappa shape index (κ3) is 4.59. The first kappa shape index (κ1) is 19.2. The number of nitrogens with zero attached hydrogens (tertiary/aromatic N) is 4. The minimum atomic E-state index is -0.233. The molecule has 0 spiro atoms. The molecule has 0 aliphatic rings. The quantitative estimate of drug-likeness (QED) is 0.686. The van der Waals surface area contributed by atoms with Crippen LogP contribution in [0.4, 0.5) is 5.69 Å². The number of amides is 2. The molecule has 0 saturated carbocycles. The molecule has 0 radical (unpaired) electrons. The van der Waals surface area contributed by atoms with Crippen LogP contribution >= 0.6 is 0 Å². The summed E-state index contributed by atoms with van der Waals surface area (Å²) < 4.78 is 1.51. The number of aromatic nitrogens is 4. The Balaban J connectivity index is 1.67. The van der Waals surface area contributed by atoms with Crippen molar-refractivity contribution >= 4 is 17.5 Å². The Morgan fingerprint density at radius 1 is 1.04 bits per heavy atom. The lowest BCUT2D eigenvalue weighted by Gasteiger charge is -2.12. The molecule has 2 N–H and O–H groups in total. The van der Waals surface area contributed by atoms with Crippen LogP contribution in [0, 0.1) is 12.8 Å². The Kier molecular flexibility index (Phi) is 5.78. The van der Waals surface area contributed by atoms with Crippen LogP contribution in [0.1, 0.15) is 40.1 Å². The first-order valence-corrected chi connectivity index (χ1v) is 8.97. The summed E-state index contributed by atoms with van der Waals surface area (Å²) in [5.41, 5.74) is 3.32. The fraction of sp³-hybridized carbons (Fsp3) is 0.250. The van der Waals surface area contributed by atoms with Crippen molar-refractivity contribution in [2.45, 2.75) is 20.8 Å². The van der Waals surface area contributed by atoms with Crippen molar-refractivity contribution < 1.29 is 9.59 Å². The Labute approximate surface area is 163 Å². The highest BCUT2D eigenvalue weighted by Crippen LogP contribution is 2.18. The van der Waals surface area contributed by atoms with Gasteiger partial charge in [0.15, 0.2) is 0 Å². The minimum absolute atomic E-state index is 0.118. The average molecular weight is 378 g/mol. The average Bonchev–Trinajstić information content (AvgIpc) is 3.22. The van der Waals surface area contributed by atoms with Gasteiger partial charge in [-0.15, -0.1) is 5.10 Å². The van der Waals surface area contributed by atoms with Crippen molar-refractivity contribution in [1.82, 2.24) is 25.5 Å². The zero-order valence-electron chi connectivity index (χ0n) is 16.0. The molecule has 0 fully saturated rings. The van der Waals surface area contributed by atoms with Gasteiger partial charge in [-0.25, -0.2) is 4.68 Å². The molecule has 3 rings (SSSR count). The fourth-order valence-corrected chi connectivity index (χ4v) is 2.58. The van der Waals surface area contributed by atoms with Crippen molar-refractivity contribution in [2.24, 2.45) is 5.92 Å². The number of nitrogens with one attached hydrogen (secondary N) is 2. The van der Waals surface area contributed by atoms with Crippen molar-refractivity contribution in [3.63, 3.8) is 0 Å². The zero-order valence-corrected chi connectivity index (χ0v) is 16.0. The number of aryl methyl sites for hydroxylation is 1. The molecule has 0 atom stereocenters. The highest BCUT2D eigenvalue weighted by Gasteiger charge is 2.11. The summed E-state index contributed by atoms with van der Waals surface area (Å²) in [7, 11) is 0. The lowest BCUT2D eigenvalue weighted by atomic mass is 10.1. The van der Waals surface area contributed by atoms with Gasteiger partial charge in [-0.3, -0.25) is 9.59 Å². The fourth-order valence-electron chi connectivity index (χ4n) is 2.58. The second-order valence-corrected chi connectivity index (χ2v) is 6.89. The van der Waals surface area contributed by atoms with Crippen LogP contribution in [0.3, 0.4) is 0 Å². The summed E-state index contributed by atoms with van der Waals surface area (Å²) in [6.45, 7) is 6.56. The lowest BCUT2D eigenvalue weighted by Crippen LogP contribution is -2.27. The van der Waals surface area contributed by atoms with Crippen LogP contribution in [0.5, 0.6) is 0 Å². The largest absolute Gasteiger partial charge is 0.352 e. The van der Waals surface area contributed by atoms with E-state index in [0.29, 0.717) is 29.3 Å². The Bertz CT molecular complexity index is 965. The van der Waals surface area contributed by atoms with Crippen molar-refractivity contribution in [3.05, 3.63) is 65.5 Å². The molecular weight excluding hydrogens is 356 g/mol. The number of carbonyl (C=O) groups is 2. The highest BCUT2D eigenvalue weighted by molar-refractivity contribution is 6.05.